The molecule has 0 bridgehead atoms. The van der Waals surface area contributed by atoms with Gasteiger partial charge in [0.05, 0.1) is 6.61 Å². The number of fused-ring (bicyclic) bond motifs is 1. The minimum absolute atomic E-state index is 0.0696. The fraction of sp³-hybridized carbons (Fsp3) is 0.267. The summed E-state index contributed by atoms with van der Waals surface area (Å²) in [5.41, 5.74) is 2.38. The average Bonchev–Trinajstić information content (AvgIpc) is 2.85. The molecule has 3 rings (SSSR count). The van der Waals surface area contributed by atoms with Gasteiger partial charge in [-0.1, -0.05) is 12.1 Å². The highest BCUT2D eigenvalue weighted by atomic mass is 19.1. The van der Waals surface area contributed by atoms with Crippen LogP contribution < -0.4 is 10.1 Å². The van der Waals surface area contributed by atoms with Crippen LogP contribution in [0.4, 0.5) is 10.2 Å². The van der Waals surface area contributed by atoms with Crippen LogP contribution in [0.5, 0.6) is 5.75 Å². The van der Waals surface area contributed by atoms with Gasteiger partial charge in [0.15, 0.2) is 0 Å². The molecule has 1 N–H and O–H groups in total. The molecule has 0 saturated carbocycles. The van der Waals surface area contributed by atoms with Gasteiger partial charge < -0.3 is 10.1 Å². The van der Waals surface area contributed by atoms with Crippen LogP contribution in [0.2, 0.25) is 0 Å². The molecule has 0 spiro atoms. The molecule has 19 heavy (non-hydrogen) atoms. The largest absolute Gasteiger partial charge is 0.493 e. The first-order chi connectivity index (χ1) is 9.22. The number of aromatic nitrogens is 1. The summed E-state index contributed by atoms with van der Waals surface area (Å²) in [6.45, 7) is 2.79. The Morgan fingerprint density at radius 3 is 3.05 bits per heavy atom. The lowest BCUT2D eigenvalue weighted by Gasteiger charge is -2.15. The lowest BCUT2D eigenvalue weighted by molar-refractivity contribution is 0.357. The van der Waals surface area contributed by atoms with Crippen molar-refractivity contribution in [2.24, 2.45) is 0 Å². The molecule has 2 aromatic rings. The molecule has 0 aliphatic carbocycles. The van der Waals surface area contributed by atoms with Crippen LogP contribution in [0, 0.1) is 5.95 Å². The number of benzene rings is 1. The van der Waals surface area contributed by atoms with Crippen LogP contribution in [0.1, 0.15) is 24.1 Å². The van der Waals surface area contributed by atoms with Gasteiger partial charge in [0.25, 0.3) is 0 Å². The van der Waals surface area contributed by atoms with Crippen molar-refractivity contribution in [2.75, 3.05) is 11.9 Å². The Balaban J connectivity index is 1.78. The first-order valence-electron chi connectivity index (χ1n) is 6.37. The molecular weight excluding hydrogens is 243 g/mol. The Morgan fingerprint density at radius 1 is 1.32 bits per heavy atom. The second-order valence-electron chi connectivity index (χ2n) is 4.68. The molecule has 0 radical (unpaired) electrons. The minimum atomic E-state index is -0.473. The van der Waals surface area contributed by atoms with Crippen LogP contribution in [-0.2, 0) is 6.42 Å². The second kappa shape index (κ2) is 4.88. The van der Waals surface area contributed by atoms with E-state index in [0.29, 0.717) is 5.82 Å². The zero-order valence-electron chi connectivity index (χ0n) is 10.7. The molecule has 2 heterocycles. The number of pyridine rings is 1. The van der Waals surface area contributed by atoms with Crippen LogP contribution in [0.3, 0.4) is 0 Å². The zero-order valence-corrected chi connectivity index (χ0v) is 10.7. The maximum Gasteiger partial charge on any atom is 0.214 e. The van der Waals surface area contributed by atoms with E-state index in [1.165, 1.54) is 11.6 Å². The van der Waals surface area contributed by atoms with Crippen molar-refractivity contribution >= 4 is 5.82 Å². The van der Waals surface area contributed by atoms with Gasteiger partial charge in [-0.2, -0.15) is 4.39 Å². The lowest BCUT2D eigenvalue weighted by Crippen LogP contribution is -2.08. The molecule has 98 valence electrons. The molecule has 3 nitrogen and oxygen atoms in total. The molecular formula is C15H15FN2O. The van der Waals surface area contributed by atoms with Crippen LogP contribution in [-0.4, -0.2) is 11.6 Å². The predicted octanol–water partition coefficient (Wildman–Crippen LogP) is 3.33. The average molecular weight is 258 g/mol. The quantitative estimate of drug-likeness (QED) is 0.857. The van der Waals surface area contributed by atoms with E-state index in [4.69, 9.17) is 4.74 Å². The summed E-state index contributed by atoms with van der Waals surface area (Å²) in [6.07, 6.45) is 0.952. The number of hydrogen-bond donors (Lipinski definition) is 1. The second-order valence-corrected chi connectivity index (χ2v) is 4.68. The summed E-state index contributed by atoms with van der Waals surface area (Å²) in [7, 11) is 0. The summed E-state index contributed by atoms with van der Waals surface area (Å²) < 4.78 is 18.5. The van der Waals surface area contributed by atoms with Crippen LogP contribution in [0.25, 0.3) is 0 Å². The highest BCUT2D eigenvalue weighted by Crippen LogP contribution is 2.29. The molecule has 1 aliphatic rings. The van der Waals surface area contributed by atoms with Gasteiger partial charge in [-0.15, -0.1) is 0 Å². The number of hydrogen-bond acceptors (Lipinski definition) is 3. The molecule has 0 saturated heterocycles. The summed E-state index contributed by atoms with van der Waals surface area (Å²) in [4.78, 5) is 3.81. The molecule has 4 heteroatoms. The van der Waals surface area contributed by atoms with Crippen LogP contribution >= 0.6 is 0 Å². The first kappa shape index (κ1) is 12.0. The lowest BCUT2D eigenvalue weighted by atomic mass is 10.0. The van der Waals surface area contributed by atoms with Gasteiger partial charge in [0.2, 0.25) is 5.95 Å². The summed E-state index contributed by atoms with van der Waals surface area (Å²) in [5, 5.41) is 3.20. The van der Waals surface area contributed by atoms with Crippen molar-refractivity contribution in [3.63, 3.8) is 0 Å². The van der Waals surface area contributed by atoms with E-state index < -0.39 is 5.95 Å². The Labute approximate surface area is 111 Å². The van der Waals surface area contributed by atoms with Gasteiger partial charge in [-0.05, 0) is 42.3 Å². The van der Waals surface area contributed by atoms with Gasteiger partial charge in [0.1, 0.15) is 11.6 Å². The predicted molar refractivity (Wildman–Crippen MR) is 71.9 cm³/mol. The molecule has 1 unspecified atom stereocenters. The fourth-order valence-corrected chi connectivity index (χ4v) is 2.27. The van der Waals surface area contributed by atoms with Crippen molar-refractivity contribution in [1.29, 1.82) is 0 Å². The molecule has 1 aliphatic heterocycles. The van der Waals surface area contributed by atoms with E-state index in [9.17, 15) is 4.39 Å². The smallest absolute Gasteiger partial charge is 0.214 e. The van der Waals surface area contributed by atoms with E-state index in [2.05, 4.69) is 16.4 Å². The SMILES string of the molecule is CC(Nc1cccc(F)n1)c1ccc2c(c1)CCO2. The maximum absolute atomic E-state index is 13.0. The van der Waals surface area contributed by atoms with E-state index in [1.54, 1.807) is 12.1 Å². The molecule has 1 aromatic carbocycles. The van der Waals surface area contributed by atoms with Crippen molar-refractivity contribution in [3.05, 3.63) is 53.5 Å². The van der Waals surface area contributed by atoms with Gasteiger partial charge in [0, 0.05) is 12.5 Å². The van der Waals surface area contributed by atoms with E-state index >= 15 is 0 Å². The van der Waals surface area contributed by atoms with Gasteiger partial charge >= 0.3 is 0 Å². The number of halogens is 1. The number of ether oxygens (including phenoxy) is 1. The van der Waals surface area contributed by atoms with Gasteiger partial charge in [-0.3, -0.25) is 0 Å². The molecule has 0 amide bonds. The number of nitrogens with one attached hydrogen (secondary N) is 1. The number of anilines is 1. The Morgan fingerprint density at radius 2 is 2.21 bits per heavy atom. The Hall–Kier alpha value is -2.10. The number of nitrogens with zero attached hydrogens (tertiary/aromatic N) is 1. The first-order valence-corrected chi connectivity index (χ1v) is 6.37. The van der Waals surface area contributed by atoms with Crippen molar-refractivity contribution < 1.29 is 9.13 Å². The third-order valence-corrected chi connectivity index (χ3v) is 3.29. The minimum Gasteiger partial charge on any atom is -0.493 e. The van der Waals surface area contributed by atoms with E-state index in [0.717, 1.165) is 24.3 Å². The standard InChI is InChI=1S/C15H15FN2O/c1-10(17-15-4-2-3-14(16)18-15)11-5-6-13-12(9-11)7-8-19-13/h2-6,9-10H,7-8H2,1H3,(H,17,18). The normalized spacial score (nSPS) is 14.6. The molecule has 0 fully saturated rings. The third-order valence-electron chi connectivity index (χ3n) is 3.29. The van der Waals surface area contributed by atoms with Gasteiger partial charge in [-0.25, -0.2) is 4.98 Å². The zero-order chi connectivity index (χ0) is 13.2. The summed E-state index contributed by atoms with van der Waals surface area (Å²) in [5.74, 6) is 1.05. The molecule has 1 atom stereocenters. The van der Waals surface area contributed by atoms with Crippen molar-refractivity contribution in [3.8, 4) is 5.75 Å². The summed E-state index contributed by atoms with van der Waals surface area (Å²) >= 11 is 0. The summed E-state index contributed by atoms with van der Waals surface area (Å²) in [6, 6.07) is 11.0. The van der Waals surface area contributed by atoms with E-state index in [-0.39, 0.29) is 6.04 Å². The highest BCUT2D eigenvalue weighted by Gasteiger charge is 2.14. The highest BCUT2D eigenvalue weighted by molar-refractivity contribution is 5.43. The van der Waals surface area contributed by atoms with E-state index in [1.807, 2.05) is 19.1 Å². The number of rotatable bonds is 3. The monoisotopic (exact) mass is 258 g/mol. The topological polar surface area (TPSA) is 34.2 Å². The van der Waals surface area contributed by atoms with Crippen LogP contribution in [0.15, 0.2) is 36.4 Å². The van der Waals surface area contributed by atoms with Crippen molar-refractivity contribution in [1.82, 2.24) is 4.98 Å². The maximum atomic E-state index is 13.0. The fourth-order valence-electron chi connectivity index (χ4n) is 2.27. The molecule has 1 aromatic heterocycles. The third kappa shape index (κ3) is 2.52. The Kier molecular flexibility index (Phi) is 3.07. The van der Waals surface area contributed by atoms with Crippen molar-refractivity contribution in [2.45, 2.75) is 19.4 Å². The Bertz CT molecular complexity index is 600.